The molecule has 1 fully saturated rings. The van der Waals surface area contributed by atoms with Gasteiger partial charge in [0.15, 0.2) is 5.96 Å². The van der Waals surface area contributed by atoms with E-state index in [2.05, 4.69) is 78.9 Å². The van der Waals surface area contributed by atoms with Gasteiger partial charge in [0.25, 0.3) is 0 Å². The van der Waals surface area contributed by atoms with Crippen LogP contribution in [0.25, 0.3) is 0 Å². The summed E-state index contributed by atoms with van der Waals surface area (Å²) < 4.78 is 0. The SMILES string of the molecule is CCNC(=NCCNC(C)(C)C)NC1CCN(c2ccccc2)C1.I. The number of nitrogens with zero attached hydrogens (tertiary/aromatic N) is 2. The van der Waals surface area contributed by atoms with Gasteiger partial charge in [0.1, 0.15) is 0 Å². The second-order valence-electron chi connectivity index (χ2n) is 7.35. The van der Waals surface area contributed by atoms with Gasteiger partial charge in [-0.05, 0) is 46.2 Å². The van der Waals surface area contributed by atoms with Crippen LogP contribution in [-0.2, 0) is 0 Å². The first-order valence-electron chi connectivity index (χ1n) is 9.08. The van der Waals surface area contributed by atoms with Gasteiger partial charge in [-0.1, -0.05) is 18.2 Å². The zero-order valence-electron chi connectivity index (χ0n) is 16.0. The van der Waals surface area contributed by atoms with Crippen molar-refractivity contribution in [2.75, 3.05) is 37.6 Å². The lowest BCUT2D eigenvalue weighted by Crippen LogP contribution is -2.45. The highest BCUT2D eigenvalue weighted by Crippen LogP contribution is 2.19. The van der Waals surface area contributed by atoms with Crippen molar-refractivity contribution in [3.63, 3.8) is 0 Å². The predicted molar refractivity (Wildman–Crippen MR) is 119 cm³/mol. The van der Waals surface area contributed by atoms with Crippen molar-refractivity contribution >= 4 is 35.6 Å². The smallest absolute Gasteiger partial charge is 0.191 e. The van der Waals surface area contributed by atoms with E-state index < -0.39 is 0 Å². The lowest BCUT2D eigenvalue weighted by atomic mass is 10.1. The molecule has 1 aromatic carbocycles. The molecule has 0 amide bonds. The second kappa shape index (κ2) is 10.9. The molecule has 142 valence electrons. The van der Waals surface area contributed by atoms with Crippen molar-refractivity contribution in [3.8, 4) is 0 Å². The average molecular weight is 459 g/mol. The minimum absolute atomic E-state index is 0. The molecule has 0 radical (unpaired) electrons. The van der Waals surface area contributed by atoms with Crippen molar-refractivity contribution in [3.05, 3.63) is 30.3 Å². The zero-order chi connectivity index (χ0) is 17.4. The molecule has 1 aromatic rings. The molecule has 1 saturated heterocycles. The summed E-state index contributed by atoms with van der Waals surface area (Å²) in [5.74, 6) is 0.924. The Balaban J connectivity index is 0.00000312. The minimum atomic E-state index is 0. The number of rotatable bonds is 6. The molecule has 1 heterocycles. The topological polar surface area (TPSA) is 51.7 Å². The fraction of sp³-hybridized carbons (Fsp3) is 0.632. The predicted octanol–water partition coefficient (Wildman–Crippen LogP) is 2.83. The largest absolute Gasteiger partial charge is 0.369 e. The molecule has 0 spiro atoms. The van der Waals surface area contributed by atoms with Gasteiger partial charge in [-0.2, -0.15) is 0 Å². The summed E-state index contributed by atoms with van der Waals surface area (Å²) in [6.45, 7) is 13.3. The molecule has 1 unspecified atom stereocenters. The summed E-state index contributed by atoms with van der Waals surface area (Å²) in [5, 5.41) is 10.4. The van der Waals surface area contributed by atoms with Crippen molar-refractivity contribution in [2.45, 2.75) is 45.7 Å². The van der Waals surface area contributed by atoms with Gasteiger partial charge in [-0.3, -0.25) is 4.99 Å². The Morgan fingerprint density at radius 1 is 1.24 bits per heavy atom. The fourth-order valence-corrected chi connectivity index (χ4v) is 2.86. The van der Waals surface area contributed by atoms with Gasteiger partial charge in [0.05, 0.1) is 6.54 Å². The fourth-order valence-electron chi connectivity index (χ4n) is 2.86. The Kier molecular flexibility index (Phi) is 9.56. The summed E-state index contributed by atoms with van der Waals surface area (Å²) in [6.07, 6.45) is 1.14. The Hall–Kier alpha value is -1.02. The number of para-hydroxylation sites is 1. The Bertz CT molecular complexity index is 512. The van der Waals surface area contributed by atoms with Crippen LogP contribution in [-0.4, -0.2) is 50.3 Å². The number of aliphatic imine (C=N–C) groups is 1. The lowest BCUT2D eigenvalue weighted by molar-refractivity contribution is 0.432. The zero-order valence-corrected chi connectivity index (χ0v) is 18.3. The third-order valence-electron chi connectivity index (χ3n) is 4.03. The van der Waals surface area contributed by atoms with E-state index in [0.717, 1.165) is 45.1 Å². The van der Waals surface area contributed by atoms with E-state index in [1.807, 2.05) is 0 Å². The van der Waals surface area contributed by atoms with E-state index in [4.69, 9.17) is 4.99 Å². The Morgan fingerprint density at radius 2 is 1.96 bits per heavy atom. The highest BCUT2D eigenvalue weighted by Gasteiger charge is 2.23. The molecular formula is C19H34IN5. The van der Waals surface area contributed by atoms with Gasteiger partial charge >= 0.3 is 0 Å². The molecular weight excluding hydrogens is 425 g/mol. The summed E-state index contributed by atoms with van der Waals surface area (Å²) in [6, 6.07) is 11.1. The van der Waals surface area contributed by atoms with Crippen LogP contribution >= 0.6 is 24.0 Å². The summed E-state index contributed by atoms with van der Waals surface area (Å²) >= 11 is 0. The summed E-state index contributed by atoms with van der Waals surface area (Å²) in [7, 11) is 0. The van der Waals surface area contributed by atoms with Crippen LogP contribution in [0.3, 0.4) is 0 Å². The maximum Gasteiger partial charge on any atom is 0.191 e. The monoisotopic (exact) mass is 459 g/mol. The molecule has 6 heteroatoms. The maximum atomic E-state index is 4.69. The average Bonchev–Trinajstić information content (AvgIpc) is 3.00. The van der Waals surface area contributed by atoms with Gasteiger partial charge < -0.3 is 20.9 Å². The van der Waals surface area contributed by atoms with Crippen molar-refractivity contribution in [1.82, 2.24) is 16.0 Å². The molecule has 1 aliphatic heterocycles. The van der Waals surface area contributed by atoms with Crippen LogP contribution in [0.1, 0.15) is 34.1 Å². The first-order valence-corrected chi connectivity index (χ1v) is 9.08. The standard InChI is InChI=1S/C19H33N5.HI/c1-5-20-18(21-12-13-22-19(2,3)4)23-16-11-14-24(15-16)17-9-7-6-8-10-17;/h6-10,16,22H,5,11-15H2,1-4H3,(H2,20,21,23);1H. The maximum absolute atomic E-state index is 4.69. The molecule has 3 N–H and O–H groups in total. The van der Waals surface area contributed by atoms with Crippen LogP contribution in [0, 0.1) is 0 Å². The normalized spacial score (nSPS) is 18.0. The van der Waals surface area contributed by atoms with E-state index >= 15 is 0 Å². The molecule has 0 aromatic heterocycles. The molecule has 25 heavy (non-hydrogen) atoms. The molecule has 5 nitrogen and oxygen atoms in total. The number of hydrogen-bond donors (Lipinski definition) is 3. The first-order chi connectivity index (χ1) is 11.5. The van der Waals surface area contributed by atoms with Gasteiger partial charge in [0.2, 0.25) is 0 Å². The van der Waals surface area contributed by atoms with Crippen LogP contribution < -0.4 is 20.9 Å². The Morgan fingerprint density at radius 3 is 2.60 bits per heavy atom. The van der Waals surface area contributed by atoms with Crippen molar-refractivity contribution < 1.29 is 0 Å². The number of guanidine groups is 1. The Labute approximate surface area is 170 Å². The van der Waals surface area contributed by atoms with E-state index in [-0.39, 0.29) is 29.5 Å². The third kappa shape index (κ3) is 8.27. The number of halogens is 1. The van der Waals surface area contributed by atoms with Crippen molar-refractivity contribution in [1.29, 1.82) is 0 Å². The molecule has 1 aliphatic rings. The van der Waals surface area contributed by atoms with Crippen LogP contribution in [0.5, 0.6) is 0 Å². The van der Waals surface area contributed by atoms with Gasteiger partial charge in [-0.25, -0.2) is 0 Å². The number of anilines is 1. The van der Waals surface area contributed by atoms with E-state index in [9.17, 15) is 0 Å². The van der Waals surface area contributed by atoms with E-state index in [1.165, 1.54) is 5.69 Å². The van der Waals surface area contributed by atoms with Crippen LogP contribution in [0.2, 0.25) is 0 Å². The van der Waals surface area contributed by atoms with Crippen LogP contribution in [0.4, 0.5) is 5.69 Å². The lowest BCUT2D eigenvalue weighted by Gasteiger charge is -2.21. The van der Waals surface area contributed by atoms with Crippen LogP contribution in [0.15, 0.2) is 35.3 Å². The van der Waals surface area contributed by atoms with E-state index in [0.29, 0.717) is 6.04 Å². The highest BCUT2D eigenvalue weighted by atomic mass is 127. The number of benzene rings is 1. The number of nitrogens with one attached hydrogen (secondary N) is 3. The van der Waals surface area contributed by atoms with Crippen molar-refractivity contribution in [2.24, 2.45) is 4.99 Å². The third-order valence-corrected chi connectivity index (χ3v) is 4.03. The minimum Gasteiger partial charge on any atom is -0.369 e. The second-order valence-corrected chi connectivity index (χ2v) is 7.35. The first kappa shape index (κ1) is 22.0. The molecule has 2 rings (SSSR count). The van der Waals surface area contributed by atoms with Gasteiger partial charge in [-0.15, -0.1) is 24.0 Å². The van der Waals surface area contributed by atoms with E-state index in [1.54, 1.807) is 0 Å². The summed E-state index contributed by atoms with van der Waals surface area (Å²) in [4.78, 5) is 7.12. The molecule has 0 aliphatic carbocycles. The summed E-state index contributed by atoms with van der Waals surface area (Å²) in [5.41, 5.74) is 1.45. The van der Waals surface area contributed by atoms with Gasteiger partial charge in [0, 0.05) is 43.4 Å². The number of hydrogen-bond acceptors (Lipinski definition) is 3. The quantitative estimate of drug-likeness (QED) is 0.265. The molecule has 0 bridgehead atoms. The molecule has 0 saturated carbocycles. The highest BCUT2D eigenvalue weighted by molar-refractivity contribution is 14.0. The molecule has 1 atom stereocenters.